The Balaban J connectivity index is 3.99. The third-order valence-electron chi connectivity index (χ3n) is 1.16. The number of primary amides is 2. The molecule has 15 heavy (non-hydrogen) atoms. The predicted molar refractivity (Wildman–Crippen MR) is 46.6 cm³/mol. The van der Waals surface area contributed by atoms with Gasteiger partial charge in [-0.25, -0.2) is 9.59 Å². The minimum Gasteiger partial charge on any atom is -0.455 e. The Bertz CT molecular complexity index is 236. The molecule has 0 heterocycles. The Labute approximate surface area is 85.4 Å². The van der Waals surface area contributed by atoms with Crippen LogP contribution in [0.25, 0.3) is 0 Å². The molecule has 0 bridgehead atoms. The second-order valence-corrected chi connectivity index (χ2v) is 2.49. The molecule has 0 saturated carbocycles. The zero-order valence-electron chi connectivity index (χ0n) is 8.10. The minimum absolute atomic E-state index is 0.303. The molecule has 86 valence electrons. The van der Waals surface area contributed by atoms with Gasteiger partial charge >= 0.3 is 18.2 Å². The summed E-state index contributed by atoms with van der Waals surface area (Å²) in [4.78, 5) is 31.1. The standard InChI is InChI=1S/C7H12N2O6/c1-4(10)15-5(2-13-6(8)11)3-14-7(9)12/h5H,2-3H2,1H3,(H2,8,11)(H2,9,12). The molecule has 0 saturated heterocycles. The number of esters is 1. The van der Waals surface area contributed by atoms with Gasteiger partial charge in [0.2, 0.25) is 0 Å². The zero-order valence-corrected chi connectivity index (χ0v) is 8.10. The van der Waals surface area contributed by atoms with Crippen molar-refractivity contribution in [3.63, 3.8) is 0 Å². The van der Waals surface area contributed by atoms with E-state index in [1.807, 2.05) is 0 Å². The van der Waals surface area contributed by atoms with Crippen molar-refractivity contribution in [2.24, 2.45) is 11.5 Å². The highest BCUT2D eigenvalue weighted by Gasteiger charge is 2.15. The lowest BCUT2D eigenvalue weighted by atomic mass is 10.4. The highest BCUT2D eigenvalue weighted by Crippen LogP contribution is 1.96. The Hall–Kier alpha value is -1.99. The van der Waals surface area contributed by atoms with E-state index in [0.29, 0.717) is 0 Å². The summed E-state index contributed by atoms with van der Waals surface area (Å²) < 4.78 is 13.4. The molecular weight excluding hydrogens is 208 g/mol. The number of ether oxygens (including phenoxy) is 3. The first-order chi connectivity index (χ1) is 6.91. The van der Waals surface area contributed by atoms with Gasteiger partial charge in [-0.1, -0.05) is 0 Å². The molecule has 0 unspecified atom stereocenters. The van der Waals surface area contributed by atoms with Crippen molar-refractivity contribution >= 4 is 18.2 Å². The quantitative estimate of drug-likeness (QED) is 0.456. The lowest BCUT2D eigenvalue weighted by Gasteiger charge is -2.15. The smallest absolute Gasteiger partial charge is 0.404 e. The van der Waals surface area contributed by atoms with Gasteiger partial charge in [-0.2, -0.15) is 0 Å². The summed E-state index contributed by atoms with van der Waals surface area (Å²) in [6, 6.07) is 0. The minimum atomic E-state index is -1.02. The average molecular weight is 220 g/mol. The molecule has 0 aliphatic heterocycles. The Morgan fingerprint density at radius 2 is 1.47 bits per heavy atom. The Morgan fingerprint density at radius 3 is 1.73 bits per heavy atom. The van der Waals surface area contributed by atoms with Crippen LogP contribution in [0.15, 0.2) is 0 Å². The Kier molecular flexibility index (Phi) is 5.60. The molecule has 4 N–H and O–H groups in total. The van der Waals surface area contributed by atoms with Crippen molar-refractivity contribution in [1.29, 1.82) is 0 Å². The fourth-order valence-corrected chi connectivity index (χ4v) is 0.701. The summed E-state index contributed by atoms with van der Waals surface area (Å²) in [6.07, 6.45) is -2.96. The molecule has 8 heteroatoms. The monoisotopic (exact) mass is 220 g/mol. The number of rotatable bonds is 5. The summed E-state index contributed by atoms with van der Waals surface area (Å²) in [5, 5.41) is 0. The highest BCUT2D eigenvalue weighted by molar-refractivity contribution is 5.67. The van der Waals surface area contributed by atoms with Crippen molar-refractivity contribution in [2.75, 3.05) is 13.2 Å². The van der Waals surface area contributed by atoms with Crippen molar-refractivity contribution < 1.29 is 28.6 Å². The van der Waals surface area contributed by atoms with Crippen LogP contribution < -0.4 is 11.5 Å². The van der Waals surface area contributed by atoms with Gasteiger partial charge in [-0.3, -0.25) is 4.79 Å². The van der Waals surface area contributed by atoms with Crippen molar-refractivity contribution in [3.05, 3.63) is 0 Å². The number of carbonyl (C=O) groups is 3. The van der Waals surface area contributed by atoms with E-state index in [1.54, 1.807) is 0 Å². The van der Waals surface area contributed by atoms with Crippen LogP contribution in [0.2, 0.25) is 0 Å². The Morgan fingerprint density at radius 1 is 1.07 bits per heavy atom. The molecule has 8 nitrogen and oxygen atoms in total. The van der Waals surface area contributed by atoms with Crippen LogP contribution >= 0.6 is 0 Å². The first kappa shape index (κ1) is 13.0. The summed E-state index contributed by atoms with van der Waals surface area (Å²) in [7, 11) is 0. The van der Waals surface area contributed by atoms with Gasteiger partial charge in [0.25, 0.3) is 0 Å². The van der Waals surface area contributed by atoms with Crippen LogP contribution in [0.1, 0.15) is 6.92 Å². The summed E-state index contributed by atoms with van der Waals surface area (Å²) in [5.41, 5.74) is 9.39. The maximum Gasteiger partial charge on any atom is 0.404 e. The predicted octanol–water partition coefficient (Wildman–Crippen LogP) is -0.891. The molecule has 0 spiro atoms. The molecular formula is C7H12N2O6. The number of carbonyl (C=O) groups excluding carboxylic acids is 3. The topological polar surface area (TPSA) is 131 Å². The van der Waals surface area contributed by atoms with E-state index in [4.69, 9.17) is 11.5 Å². The molecule has 0 aliphatic carbocycles. The van der Waals surface area contributed by atoms with Gasteiger partial charge in [0, 0.05) is 6.92 Å². The van der Waals surface area contributed by atoms with Crippen LogP contribution in [-0.4, -0.2) is 37.5 Å². The lowest BCUT2D eigenvalue weighted by Crippen LogP contribution is -2.32. The van der Waals surface area contributed by atoms with Crippen LogP contribution in [0.5, 0.6) is 0 Å². The lowest BCUT2D eigenvalue weighted by molar-refractivity contribution is -0.150. The maximum absolute atomic E-state index is 10.6. The van der Waals surface area contributed by atoms with Gasteiger partial charge in [0.05, 0.1) is 0 Å². The third-order valence-corrected chi connectivity index (χ3v) is 1.16. The van der Waals surface area contributed by atoms with Gasteiger partial charge < -0.3 is 25.7 Å². The highest BCUT2D eigenvalue weighted by atomic mass is 16.6. The van der Waals surface area contributed by atoms with Crippen LogP contribution in [0, 0.1) is 0 Å². The fraction of sp³-hybridized carbons (Fsp3) is 0.571. The molecule has 0 fully saturated rings. The molecule has 0 aromatic heterocycles. The van der Waals surface area contributed by atoms with Crippen LogP contribution in [0.3, 0.4) is 0 Å². The largest absolute Gasteiger partial charge is 0.455 e. The maximum atomic E-state index is 10.6. The second kappa shape index (κ2) is 6.46. The van der Waals surface area contributed by atoms with E-state index >= 15 is 0 Å². The van der Waals surface area contributed by atoms with E-state index in [2.05, 4.69) is 14.2 Å². The van der Waals surface area contributed by atoms with Crippen LogP contribution in [0.4, 0.5) is 9.59 Å². The fourth-order valence-electron chi connectivity index (χ4n) is 0.701. The number of nitrogens with two attached hydrogens (primary N) is 2. The molecule has 0 atom stereocenters. The van der Waals surface area contributed by atoms with E-state index in [1.165, 1.54) is 0 Å². The number of hydrogen-bond acceptors (Lipinski definition) is 6. The average Bonchev–Trinajstić information content (AvgIpc) is 2.08. The first-order valence-electron chi connectivity index (χ1n) is 3.93. The SMILES string of the molecule is CC(=O)OC(COC(N)=O)COC(N)=O. The van der Waals surface area contributed by atoms with Gasteiger partial charge in [-0.05, 0) is 0 Å². The van der Waals surface area contributed by atoms with Crippen molar-refractivity contribution in [2.45, 2.75) is 13.0 Å². The van der Waals surface area contributed by atoms with E-state index in [9.17, 15) is 14.4 Å². The summed E-state index contributed by atoms with van der Waals surface area (Å²) in [5.74, 6) is -0.610. The number of hydrogen-bond donors (Lipinski definition) is 2. The van der Waals surface area contributed by atoms with Crippen LogP contribution in [-0.2, 0) is 19.0 Å². The van der Waals surface area contributed by atoms with Gasteiger partial charge in [-0.15, -0.1) is 0 Å². The summed E-state index contributed by atoms with van der Waals surface area (Å²) in [6.45, 7) is 0.548. The second-order valence-electron chi connectivity index (χ2n) is 2.49. The van der Waals surface area contributed by atoms with E-state index < -0.39 is 24.3 Å². The molecule has 0 aromatic carbocycles. The van der Waals surface area contributed by atoms with Gasteiger partial charge in [0.1, 0.15) is 13.2 Å². The molecule has 0 aromatic rings. The zero-order chi connectivity index (χ0) is 11.8. The molecule has 0 rings (SSSR count). The molecule has 0 radical (unpaired) electrons. The number of amides is 2. The van der Waals surface area contributed by atoms with E-state index in [0.717, 1.165) is 6.92 Å². The van der Waals surface area contributed by atoms with Crippen molar-refractivity contribution in [1.82, 2.24) is 0 Å². The van der Waals surface area contributed by atoms with Crippen molar-refractivity contribution in [3.8, 4) is 0 Å². The summed E-state index contributed by atoms with van der Waals surface area (Å²) >= 11 is 0. The van der Waals surface area contributed by atoms with E-state index in [-0.39, 0.29) is 13.2 Å². The first-order valence-corrected chi connectivity index (χ1v) is 3.93. The molecule has 0 aliphatic rings. The normalized spacial score (nSPS) is 9.47. The van der Waals surface area contributed by atoms with Gasteiger partial charge in [0.15, 0.2) is 6.10 Å². The third kappa shape index (κ3) is 8.34. The molecule has 2 amide bonds.